The number of rotatable bonds is 9. The summed E-state index contributed by atoms with van der Waals surface area (Å²) in [6.45, 7) is 6.03. The summed E-state index contributed by atoms with van der Waals surface area (Å²) in [5.41, 5.74) is 2.06. The zero-order valence-electron chi connectivity index (χ0n) is 24.9. The van der Waals surface area contributed by atoms with Crippen molar-refractivity contribution in [3.05, 3.63) is 81.3 Å². The topological polar surface area (TPSA) is 131 Å². The Labute approximate surface area is 254 Å². The summed E-state index contributed by atoms with van der Waals surface area (Å²) in [7, 11) is 4.72. The number of ether oxygens (including phenoxy) is 2. The quantitative estimate of drug-likeness (QED) is 0.181. The monoisotopic (exact) mass is 600 g/mol. The Hall–Kier alpha value is -4.88. The summed E-state index contributed by atoms with van der Waals surface area (Å²) in [4.78, 5) is 35.7. The van der Waals surface area contributed by atoms with Gasteiger partial charge in [0.05, 0.1) is 19.2 Å². The smallest absolute Gasteiger partial charge is 0.265 e. The number of methoxy groups -OCH3 is 2. The standard InChI is InChI=1S/C32H33ClN6O4/c1-32(2,3)16-21(17-34)29(40)37-22-9-7-8-19(12-22)10-11-39-28-20(18-36-31(35-4)38-28)13-25(30(39)41)24-14-23(42-5)15-26(43-6)27(24)33/h7-9,12-16,18H,10-11H2,1-6H3,(H,37,40)(H,35,36,38)/b21-16+. The van der Waals surface area contributed by atoms with Crippen LogP contribution in [0, 0.1) is 16.7 Å². The lowest BCUT2D eigenvalue weighted by Crippen LogP contribution is -2.24. The average Bonchev–Trinajstić information content (AvgIpc) is 2.98. The van der Waals surface area contributed by atoms with Crippen LogP contribution in [0.15, 0.2) is 65.1 Å². The number of anilines is 2. The van der Waals surface area contributed by atoms with Crippen molar-refractivity contribution in [1.29, 1.82) is 5.26 Å². The Morgan fingerprint density at radius 1 is 1.14 bits per heavy atom. The number of allylic oxidation sites excluding steroid dienone is 1. The molecule has 1 amide bonds. The van der Waals surface area contributed by atoms with Crippen LogP contribution in [-0.4, -0.2) is 41.7 Å². The maximum atomic E-state index is 14.0. The van der Waals surface area contributed by atoms with Crippen LogP contribution in [-0.2, 0) is 17.8 Å². The number of carbonyl (C=O) groups excluding carboxylic acids is 1. The van der Waals surface area contributed by atoms with Crippen LogP contribution < -0.4 is 25.7 Å². The number of fused-ring (bicyclic) bond motifs is 1. The molecule has 2 N–H and O–H groups in total. The van der Waals surface area contributed by atoms with E-state index in [2.05, 4.69) is 20.6 Å². The van der Waals surface area contributed by atoms with Crippen LogP contribution in [0.5, 0.6) is 11.5 Å². The van der Waals surface area contributed by atoms with Gasteiger partial charge in [-0.1, -0.05) is 50.6 Å². The molecule has 11 heteroatoms. The Morgan fingerprint density at radius 3 is 2.56 bits per heavy atom. The predicted molar refractivity (Wildman–Crippen MR) is 169 cm³/mol. The lowest BCUT2D eigenvalue weighted by Gasteiger charge is -2.16. The second-order valence-electron chi connectivity index (χ2n) is 10.9. The van der Waals surface area contributed by atoms with Gasteiger partial charge in [0.2, 0.25) is 5.95 Å². The van der Waals surface area contributed by atoms with Gasteiger partial charge in [0, 0.05) is 48.1 Å². The molecule has 222 valence electrons. The van der Waals surface area contributed by atoms with Crippen molar-refractivity contribution in [1.82, 2.24) is 14.5 Å². The molecule has 2 aromatic carbocycles. The number of hydrogen-bond acceptors (Lipinski definition) is 8. The highest BCUT2D eigenvalue weighted by Crippen LogP contribution is 2.38. The number of halogens is 1. The third-order valence-corrected chi connectivity index (χ3v) is 6.95. The number of aromatic nitrogens is 3. The van der Waals surface area contributed by atoms with Crippen molar-refractivity contribution < 1.29 is 14.3 Å². The minimum Gasteiger partial charge on any atom is -0.497 e. The Morgan fingerprint density at radius 2 is 1.91 bits per heavy atom. The minimum atomic E-state index is -0.480. The summed E-state index contributed by atoms with van der Waals surface area (Å²) in [5.74, 6) is 0.752. The van der Waals surface area contributed by atoms with Crippen molar-refractivity contribution in [3.8, 4) is 28.7 Å². The molecular weight excluding hydrogens is 568 g/mol. The van der Waals surface area contributed by atoms with Crippen LogP contribution in [0.4, 0.5) is 11.6 Å². The molecule has 0 unspecified atom stereocenters. The van der Waals surface area contributed by atoms with E-state index in [0.29, 0.717) is 51.7 Å². The molecule has 2 heterocycles. The lowest BCUT2D eigenvalue weighted by atomic mass is 9.93. The van der Waals surface area contributed by atoms with Crippen LogP contribution >= 0.6 is 11.6 Å². The maximum absolute atomic E-state index is 14.0. The molecule has 0 saturated carbocycles. The molecule has 0 saturated heterocycles. The molecule has 0 radical (unpaired) electrons. The van der Waals surface area contributed by atoms with Crippen molar-refractivity contribution in [2.45, 2.75) is 33.7 Å². The first-order valence-electron chi connectivity index (χ1n) is 13.5. The van der Waals surface area contributed by atoms with E-state index in [4.69, 9.17) is 21.1 Å². The number of benzene rings is 2. The summed E-state index contributed by atoms with van der Waals surface area (Å²) in [5, 5.41) is 16.1. The SMILES string of the molecule is CNc1ncc2cc(-c3cc(OC)cc(OC)c3Cl)c(=O)n(CCc3cccc(NC(=O)/C(C#N)=C/C(C)(C)C)c3)c2n1. The maximum Gasteiger partial charge on any atom is 0.265 e. The van der Waals surface area contributed by atoms with E-state index in [0.717, 1.165) is 5.56 Å². The van der Waals surface area contributed by atoms with E-state index in [9.17, 15) is 14.9 Å². The molecule has 0 aliphatic heterocycles. The van der Waals surface area contributed by atoms with Gasteiger partial charge in [0.25, 0.3) is 11.5 Å². The fourth-order valence-corrected chi connectivity index (χ4v) is 4.83. The van der Waals surface area contributed by atoms with Crippen LogP contribution in [0.1, 0.15) is 26.3 Å². The Kier molecular flexibility index (Phi) is 9.37. The first-order chi connectivity index (χ1) is 20.5. The minimum absolute atomic E-state index is 0.0422. The number of nitrogens with one attached hydrogen (secondary N) is 2. The number of hydrogen-bond donors (Lipinski definition) is 2. The second kappa shape index (κ2) is 13.0. The van der Waals surface area contributed by atoms with Gasteiger partial charge in [-0.2, -0.15) is 10.2 Å². The van der Waals surface area contributed by atoms with Gasteiger partial charge in [-0.15, -0.1) is 0 Å². The third kappa shape index (κ3) is 7.13. The molecule has 0 bridgehead atoms. The van der Waals surface area contributed by atoms with Crippen LogP contribution in [0.2, 0.25) is 5.02 Å². The van der Waals surface area contributed by atoms with E-state index in [1.54, 1.807) is 48.2 Å². The summed E-state index contributed by atoms with van der Waals surface area (Å²) in [6.07, 6.45) is 3.73. The highest BCUT2D eigenvalue weighted by Gasteiger charge is 2.19. The molecule has 0 fully saturated rings. The third-order valence-electron chi connectivity index (χ3n) is 6.56. The summed E-state index contributed by atoms with van der Waals surface area (Å²) >= 11 is 6.67. The number of nitrogens with zero attached hydrogens (tertiary/aromatic N) is 4. The molecule has 2 aromatic heterocycles. The molecule has 10 nitrogen and oxygen atoms in total. The van der Waals surface area contributed by atoms with Gasteiger partial charge in [-0.25, -0.2) is 4.98 Å². The molecule has 43 heavy (non-hydrogen) atoms. The van der Waals surface area contributed by atoms with Crippen molar-refractivity contribution in [2.24, 2.45) is 5.41 Å². The zero-order chi connectivity index (χ0) is 31.3. The van der Waals surface area contributed by atoms with E-state index in [-0.39, 0.29) is 28.1 Å². The zero-order valence-corrected chi connectivity index (χ0v) is 25.7. The van der Waals surface area contributed by atoms with Crippen molar-refractivity contribution in [3.63, 3.8) is 0 Å². The molecule has 4 aromatic rings. The lowest BCUT2D eigenvalue weighted by molar-refractivity contribution is -0.112. The Balaban J connectivity index is 1.73. The van der Waals surface area contributed by atoms with Crippen LogP contribution in [0.3, 0.4) is 0 Å². The predicted octanol–water partition coefficient (Wildman–Crippen LogP) is 5.85. The molecule has 0 aliphatic rings. The van der Waals surface area contributed by atoms with Gasteiger partial charge in [0.15, 0.2) is 0 Å². The van der Waals surface area contributed by atoms with E-state index >= 15 is 0 Å². The van der Waals surface area contributed by atoms with Gasteiger partial charge in [-0.3, -0.25) is 14.2 Å². The normalized spacial score (nSPS) is 11.6. The van der Waals surface area contributed by atoms with E-state index in [1.165, 1.54) is 14.2 Å². The number of pyridine rings is 1. The largest absolute Gasteiger partial charge is 0.497 e. The highest BCUT2D eigenvalue weighted by molar-refractivity contribution is 6.35. The molecular formula is C32H33ClN6O4. The number of nitriles is 1. The molecule has 0 atom stereocenters. The first-order valence-corrected chi connectivity index (χ1v) is 13.9. The van der Waals surface area contributed by atoms with Crippen molar-refractivity contribution in [2.75, 3.05) is 31.9 Å². The number of carbonyl (C=O) groups is 1. The fraction of sp³-hybridized carbons (Fsp3) is 0.281. The molecule has 0 spiro atoms. The fourth-order valence-electron chi connectivity index (χ4n) is 4.54. The first kappa shape index (κ1) is 31.1. The summed E-state index contributed by atoms with van der Waals surface area (Å²) < 4.78 is 12.4. The van der Waals surface area contributed by atoms with E-state index in [1.807, 2.05) is 45.0 Å². The summed E-state index contributed by atoms with van der Waals surface area (Å²) in [6, 6.07) is 14.3. The molecule has 4 rings (SSSR count). The van der Waals surface area contributed by atoms with Gasteiger partial charge in [0.1, 0.15) is 28.8 Å². The van der Waals surface area contributed by atoms with Crippen molar-refractivity contribution >= 4 is 40.2 Å². The van der Waals surface area contributed by atoms with Gasteiger partial charge >= 0.3 is 0 Å². The number of aryl methyl sites for hydroxylation is 2. The second-order valence-corrected chi connectivity index (χ2v) is 11.2. The van der Waals surface area contributed by atoms with Gasteiger partial charge < -0.3 is 20.1 Å². The molecule has 0 aliphatic carbocycles. The Bertz CT molecular complexity index is 1820. The van der Waals surface area contributed by atoms with E-state index < -0.39 is 5.91 Å². The average molecular weight is 601 g/mol. The highest BCUT2D eigenvalue weighted by atomic mass is 35.5. The van der Waals surface area contributed by atoms with Gasteiger partial charge in [-0.05, 0) is 41.7 Å². The number of amides is 1. The van der Waals surface area contributed by atoms with Crippen LogP contribution in [0.25, 0.3) is 22.2 Å².